The van der Waals surface area contributed by atoms with Crippen LogP contribution in [0.15, 0.2) is 21.7 Å². The Morgan fingerprint density at radius 1 is 1.54 bits per heavy atom. The minimum Gasteiger partial charge on any atom is -0.0613 e. The van der Waals surface area contributed by atoms with Gasteiger partial charge in [-0.2, -0.15) is 0 Å². The van der Waals surface area contributed by atoms with Gasteiger partial charge >= 0.3 is 0 Å². The summed E-state index contributed by atoms with van der Waals surface area (Å²) in [5.74, 6) is 0. The molecule has 0 heterocycles. The van der Waals surface area contributed by atoms with E-state index in [0.717, 1.165) is 27.7 Å². The molecule has 0 aromatic heterocycles. The van der Waals surface area contributed by atoms with Crippen LogP contribution in [0.2, 0.25) is 0 Å². The first-order valence-corrected chi connectivity index (χ1v) is 4.82. The molecule has 0 aliphatic carbocycles. The van der Waals surface area contributed by atoms with Crippen LogP contribution in [0.3, 0.4) is 0 Å². The molecule has 0 aliphatic heterocycles. The molecule has 0 saturated heterocycles. The molecular weight excluding hydrogens is 230 g/mol. The molecule has 4 heteroatoms. The van der Waals surface area contributed by atoms with Gasteiger partial charge in [0.2, 0.25) is 0 Å². The minimum absolute atomic E-state index is 0.758. The highest BCUT2D eigenvalue weighted by molar-refractivity contribution is 9.10. The van der Waals surface area contributed by atoms with Crippen molar-refractivity contribution in [2.75, 3.05) is 0 Å². The topological polar surface area (TPSA) is 48.8 Å². The lowest BCUT2D eigenvalue weighted by molar-refractivity contribution is 1.12. The lowest BCUT2D eigenvalue weighted by Crippen LogP contribution is -1.84. The summed E-state index contributed by atoms with van der Waals surface area (Å²) in [6, 6.07) is 3.93. The van der Waals surface area contributed by atoms with Crippen LogP contribution in [-0.4, -0.2) is 0 Å². The molecule has 0 spiro atoms. The Balaban J connectivity index is 3.37. The van der Waals surface area contributed by atoms with Crippen molar-refractivity contribution in [2.45, 2.75) is 20.3 Å². The lowest BCUT2D eigenvalue weighted by atomic mass is 10.1. The second-order valence-electron chi connectivity index (χ2n) is 2.77. The van der Waals surface area contributed by atoms with E-state index in [1.165, 1.54) is 0 Å². The molecule has 1 rings (SSSR count). The normalized spacial score (nSPS) is 9.46. The molecule has 1 aromatic rings. The lowest BCUT2D eigenvalue weighted by Gasteiger charge is -2.06. The molecule has 0 amide bonds. The Morgan fingerprint density at radius 2 is 2.23 bits per heavy atom. The largest absolute Gasteiger partial charge is 0.0613 e. The van der Waals surface area contributed by atoms with Crippen LogP contribution in [-0.2, 0) is 6.42 Å². The van der Waals surface area contributed by atoms with Crippen LogP contribution >= 0.6 is 15.9 Å². The molecule has 3 nitrogen and oxygen atoms in total. The van der Waals surface area contributed by atoms with Gasteiger partial charge in [-0.05, 0) is 42.1 Å². The average Bonchev–Trinajstić information content (AvgIpc) is 2.09. The van der Waals surface area contributed by atoms with E-state index in [2.05, 4.69) is 26.0 Å². The molecule has 0 bridgehead atoms. The summed E-state index contributed by atoms with van der Waals surface area (Å²) in [5, 5.41) is 3.68. The predicted octanol–water partition coefficient (Wildman–Crippen LogP) is 4.26. The molecule has 0 N–H and O–H groups in total. The number of azide groups is 1. The van der Waals surface area contributed by atoms with Gasteiger partial charge in [-0.1, -0.05) is 28.0 Å². The predicted molar refractivity (Wildman–Crippen MR) is 57.1 cm³/mol. The van der Waals surface area contributed by atoms with E-state index >= 15 is 0 Å². The van der Waals surface area contributed by atoms with Crippen molar-refractivity contribution in [1.82, 2.24) is 0 Å². The number of aryl methyl sites for hydroxylation is 2. The van der Waals surface area contributed by atoms with E-state index in [9.17, 15) is 0 Å². The molecule has 0 saturated carbocycles. The molecule has 0 atom stereocenters. The second-order valence-corrected chi connectivity index (χ2v) is 3.69. The third-order valence-electron chi connectivity index (χ3n) is 1.87. The molecular formula is C9H10BrN3. The second kappa shape index (κ2) is 4.30. The van der Waals surface area contributed by atoms with Gasteiger partial charge in [-0.15, -0.1) is 0 Å². The molecule has 0 fully saturated rings. The summed E-state index contributed by atoms with van der Waals surface area (Å²) in [6.07, 6.45) is 0.870. The summed E-state index contributed by atoms with van der Waals surface area (Å²) in [4.78, 5) is 2.81. The number of hydrogen-bond donors (Lipinski definition) is 0. The van der Waals surface area contributed by atoms with Crippen molar-refractivity contribution in [3.63, 3.8) is 0 Å². The summed E-state index contributed by atoms with van der Waals surface area (Å²) in [7, 11) is 0. The van der Waals surface area contributed by atoms with Gasteiger partial charge in [0.1, 0.15) is 0 Å². The number of halogens is 1. The van der Waals surface area contributed by atoms with Gasteiger partial charge < -0.3 is 0 Å². The fourth-order valence-corrected chi connectivity index (χ4v) is 1.88. The maximum atomic E-state index is 8.38. The minimum atomic E-state index is 0.758. The van der Waals surface area contributed by atoms with Crippen LogP contribution in [0.4, 0.5) is 5.69 Å². The molecule has 0 aliphatic rings. The van der Waals surface area contributed by atoms with E-state index in [1.54, 1.807) is 0 Å². The number of hydrogen-bond acceptors (Lipinski definition) is 1. The quantitative estimate of drug-likeness (QED) is 0.421. The summed E-state index contributed by atoms with van der Waals surface area (Å²) in [5.41, 5.74) is 11.2. The monoisotopic (exact) mass is 239 g/mol. The van der Waals surface area contributed by atoms with Crippen molar-refractivity contribution in [3.8, 4) is 0 Å². The van der Waals surface area contributed by atoms with Gasteiger partial charge in [0.05, 0.1) is 0 Å². The van der Waals surface area contributed by atoms with E-state index in [0.29, 0.717) is 0 Å². The SMILES string of the molecule is CCc1cc(Br)cc(C)c1N=[N+]=[N-]. The van der Waals surface area contributed by atoms with Gasteiger partial charge in [0, 0.05) is 15.1 Å². The zero-order valence-electron chi connectivity index (χ0n) is 7.58. The van der Waals surface area contributed by atoms with Crippen LogP contribution in [0.25, 0.3) is 10.4 Å². The van der Waals surface area contributed by atoms with Crippen LogP contribution in [0, 0.1) is 6.92 Å². The van der Waals surface area contributed by atoms with Crippen LogP contribution in [0.5, 0.6) is 0 Å². The Morgan fingerprint density at radius 3 is 2.77 bits per heavy atom. The fraction of sp³-hybridized carbons (Fsp3) is 0.333. The number of nitrogens with zero attached hydrogens (tertiary/aromatic N) is 3. The van der Waals surface area contributed by atoms with Gasteiger partial charge in [0.15, 0.2) is 0 Å². The average molecular weight is 240 g/mol. The molecule has 0 radical (unpaired) electrons. The molecule has 68 valence electrons. The first-order chi connectivity index (χ1) is 6.19. The Kier molecular flexibility index (Phi) is 3.34. The summed E-state index contributed by atoms with van der Waals surface area (Å²) >= 11 is 3.40. The van der Waals surface area contributed by atoms with Crippen molar-refractivity contribution in [1.29, 1.82) is 0 Å². The fourth-order valence-electron chi connectivity index (χ4n) is 1.26. The van der Waals surface area contributed by atoms with Crippen molar-refractivity contribution in [3.05, 3.63) is 38.2 Å². The van der Waals surface area contributed by atoms with Crippen LogP contribution in [0.1, 0.15) is 18.1 Å². The smallest absolute Gasteiger partial charge is 0.0437 e. The van der Waals surface area contributed by atoms with E-state index < -0.39 is 0 Å². The van der Waals surface area contributed by atoms with E-state index in [-0.39, 0.29) is 0 Å². The zero-order valence-corrected chi connectivity index (χ0v) is 9.17. The van der Waals surface area contributed by atoms with Crippen molar-refractivity contribution in [2.24, 2.45) is 5.11 Å². The van der Waals surface area contributed by atoms with Crippen molar-refractivity contribution < 1.29 is 0 Å². The van der Waals surface area contributed by atoms with Gasteiger partial charge in [-0.25, -0.2) is 0 Å². The third-order valence-corrected chi connectivity index (χ3v) is 2.33. The maximum Gasteiger partial charge on any atom is 0.0437 e. The molecule has 13 heavy (non-hydrogen) atoms. The number of rotatable bonds is 2. The van der Waals surface area contributed by atoms with Gasteiger partial charge in [0.25, 0.3) is 0 Å². The molecule has 0 unspecified atom stereocenters. The van der Waals surface area contributed by atoms with Gasteiger partial charge in [-0.3, -0.25) is 0 Å². The Labute approximate surface area is 85.5 Å². The van der Waals surface area contributed by atoms with Crippen LogP contribution < -0.4 is 0 Å². The molecule has 1 aromatic carbocycles. The maximum absolute atomic E-state index is 8.38. The van der Waals surface area contributed by atoms with Crippen molar-refractivity contribution >= 4 is 21.6 Å². The highest BCUT2D eigenvalue weighted by Crippen LogP contribution is 2.28. The first kappa shape index (κ1) is 10.1. The summed E-state index contributed by atoms with van der Waals surface area (Å²) < 4.78 is 1.03. The summed E-state index contributed by atoms with van der Waals surface area (Å²) in [6.45, 7) is 3.98. The standard InChI is InChI=1S/C9H10BrN3/c1-3-7-5-8(10)4-6(2)9(7)12-13-11/h4-5H,3H2,1-2H3. The Hall–Kier alpha value is -0.990. The highest BCUT2D eigenvalue weighted by Gasteiger charge is 2.03. The Bertz CT molecular complexity index is 367. The number of benzene rings is 1. The highest BCUT2D eigenvalue weighted by atomic mass is 79.9. The zero-order chi connectivity index (χ0) is 9.84. The first-order valence-electron chi connectivity index (χ1n) is 4.03. The van der Waals surface area contributed by atoms with E-state index in [1.807, 2.05) is 26.0 Å². The third kappa shape index (κ3) is 2.23. The van der Waals surface area contributed by atoms with E-state index in [4.69, 9.17) is 5.53 Å².